The van der Waals surface area contributed by atoms with Crippen molar-refractivity contribution in [2.24, 2.45) is 28.9 Å². The van der Waals surface area contributed by atoms with Crippen molar-refractivity contribution >= 4 is 0 Å². The van der Waals surface area contributed by atoms with E-state index in [4.69, 9.17) is 5.73 Å². The Hall–Kier alpha value is -0.850. The second-order valence-corrected chi connectivity index (χ2v) is 6.95. The van der Waals surface area contributed by atoms with Gasteiger partial charge in [-0.05, 0) is 37.5 Å². The average Bonchev–Trinajstić information content (AvgIpc) is 2.87. The van der Waals surface area contributed by atoms with E-state index in [1.165, 1.54) is 6.42 Å². The molecule has 0 aromatic rings. The van der Waals surface area contributed by atoms with Crippen LogP contribution in [0.3, 0.4) is 0 Å². The van der Waals surface area contributed by atoms with E-state index < -0.39 is 0 Å². The van der Waals surface area contributed by atoms with Gasteiger partial charge in [0.25, 0.3) is 0 Å². The monoisotopic (exact) mass is 276 g/mol. The fraction of sp³-hybridized carbons (Fsp3) is 0.824. The Morgan fingerprint density at radius 2 is 2.05 bits per heavy atom. The van der Waals surface area contributed by atoms with Crippen LogP contribution in [0.1, 0.15) is 51.9 Å². The van der Waals surface area contributed by atoms with Crippen LogP contribution in [0, 0.1) is 34.5 Å². The van der Waals surface area contributed by atoms with E-state index in [1.807, 2.05) is 0 Å². The maximum absolute atomic E-state index is 9.91. The van der Waals surface area contributed by atoms with Gasteiger partial charge in [-0.2, -0.15) is 5.26 Å². The smallest absolute Gasteiger partial charge is 0.0662 e. The van der Waals surface area contributed by atoms with Crippen LogP contribution < -0.4 is 5.73 Å². The first-order valence-electron chi connectivity index (χ1n) is 8.00. The van der Waals surface area contributed by atoms with Gasteiger partial charge in [0.15, 0.2) is 0 Å². The third-order valence-electron chi connectivity index (χ3n) is 5.80. The Morgan fingerprint density at radius 1 is 1.40 bits per heavy atom. The maximum Gasteiger partial charge on any atom is 0.0662 e. The fourth-order valence-electron chi connectivity index (χ4n) is 4.39. The second kappa shape index (κ2) is 6.28. The molecule has 2 rings (SSSR count). The Morgan fingerprint density at radius 3 is 2.60 bits per heavy atom. The molecule has 0 saturated heterocycles. The number of hydrogen-bond donors (Lipinski definition) is 2. The van der Waals surface area contributed by atoms with E-state index in [0.717, 1.165) is 44.1 Å². The van der Waals surface area contributed by atoms with Crippen LogP contribution in [-0.4, -0.2) is 17.8 Å². The highest BCUT2D eigenvalue weighted by Gasteiger charge is 2.44. The summed E-state index contributed by atoms with van der Waals surface area (Å²) in [5, 5.41) is 19.2. The molecule has 3 heteroatoms. The number of rotatable bonds is 4. The molecule has 0 bridgehead atoms. The summed E-state index contributed by atoms with van der Waals surface area (Å²) in [7, 11) is 0. The predicted molar refractivity (Wildman–Crippen MR) is 80.7 cm³/mol. The standard InChI is InChI=1S/C17H28N2O/c1-12-6-7-14(10-18)15(12)13(2)16(19)17(11-20)8-4-3-5-9-17/h12,14-16,20H,2-9,11,19H2,1H3. The molecule has 2 saturated carbocycles. The summed E-state index contributed by atoms with van der Waals surface area (Å²) in [6.45, 7) is 6.61. The van der Waals surface area contributed by atoms with Crippen LogP contribution in [-0.2, 0) is 0 Å². The number of nitrogens with zero attached hydrogens (tertiary/aromatic N) is 1. The van der Waals surface area contributed by atoms with Crippen molar-refractivity contribution in [2.75, 3.05) is 6.61 Å². The number of aliphatic hydroxyl groups excluding tert-OH is 1. The van der Waals surface area contributed by atoms with Gasteiger partial charge in [0.05, 0.1) is 18.6 Å². The van der Waals surface area contributed by atoms with Crippen molar-refractivity contribution in [3.8, 4) is 6.07 Å². The van der Waals surface area contributed by atoms with Crippen molar-refractivity contribution in [1.82, 2.24) is 0 Å². The van der Waals surface area contributed by atoms with Crippen LogP contribution in [0.5, 0.6) is 0 Å². The van der Waals surface area contributed by atoms with Gasteiger partial charge in [-0.1, -0.05) is 38.3 Å². The molecule has 0 aromatic carbocycles. The Balaban J connectivity index is 2.16. The average molecular weight is 276 g/mol. The van der Waals surface area contributed by atoms with Crippen molar-refractivity contribution < 1.29 is 5.11 Å². The van der Waals surface area contributed by atoms with Gasteiger partial charge in [0.2, 0.25) is 0 Å². The summed E-state index contributed by atoms with van der Waals surface area (Å²) in [5.74, 6) is 0.751. The van der Waals surface area contributed by atoms with Crippen molar-refractivity contribution in [1.29, 1.82) is 5.26 Å². The van der Waals surface area contributed by atoms with Gasteiger partial charge in [0.1, 0.15) is 0 Å². The van der Waals surface area contributed by atoms with Crippen molar-refractivity contribution in [3.63, 3.8) is 0 Å². The molecule has 4 unspecified atom stereocenters. The third kappa shape index (κ3) is 2.64. The molecule has 3 nitrogen and oxygen atoms in total. The third-order valence-corrected chi connectivity index (χ3v) is 5.80. The van der Waals surface area contributed by atoms with Crippen LogP contribution in [0.4, 0.5) is 0 Å². The van der Waals surface area contributed by atoms with E-state index in [9.17, 15) is 10.4 Å². The zero-order chi connectivity index (χ0) is 14.8. The van der Waals surface area contributed by atoms with Gasteiger partial charge in [0, 0.05) is 11.5 Å². The summed E-state index contributed by atoms with van der Waals surface area (Å²) < 4.78 is 0. The lowest BCUT2D eigenvalue weighted by Crippen LogP contribution is -2.48. The zero-order valence-electron chi connectivity index (χ0n) is 12.6. The first-order valence-corrected chi connectivity index (χ1v) is 8.00. The molecule has 0 aromatic heterocycles. The van der Waals surface area contributed by atoms with E-state index in [2.05, 4.69) is 19.6 Å². The number of nitriles is 1. The minimum absolute atomic E-state index is 0.0582. The highest BCUT2D eigenvalue weighted by atomic mass is 16.3. The molecule has 2 fully saturated rings. The van der Waals surface area contributed by atoms with Gasteiger partial charge in [-0.15, -0.1) is 0 Å². The molecule has 112 valence electrons. The number of hydrogen-bond acceptors (Lipinski definition) is 3. The summed E-state index contributed by atoms with van der Waals surface area (Å²) >= 11 is 0. The Labute approximate surface area is 122 Å². The molecule has 3 N–H and O–H groups in total. The van der Waals surface area contributed by atoms with Gasteiger partial charge >= 0.3 is 0 Å². The molecule has 0 aliphatic heterocycles. The second-order valence-electron chi connectivity index (χ2n) is 6.95. The Kier molecular flexibility index (Phi) is 4.88. The van der Waals surface area contributed by atoms with E-state index in [-0.39, 0.29) is 29.9 Å². The molecule has 4 atom stereocenters. The largest absolute Gasteiger partial charge is 0.396 e. The summed E-state index contributed by atoms with van der Waals surface area (Å²) in [6, 6.07) is 2.26. The van der Waals surface area contributed by atoms with Gasteiger partial charge in [-0.25, -0.2) is 0 Å². The van der Waals surface area contributed by atoms with E-state index >= 15 is 0 Å². The molecule has 20 heavy (non-hydrogen) atoms. The minimum atomic E-state index is -0.197. The fourth-order valence-corrected chi connectivity index (χ4v) is 4.39. The number of nitrogens with two attached hydrogens (primary N) is 1. The van der Waals surface area contributed by atoms with Crippen LogP contribution >= 0.6 is 0 Å². The maximum atomic E-state index is 9.91. The molecule has 0 spiro atoms. The van der Waals surface area contributed by atoms with Crippen molar-refractivity contribution in [3.05, 3.63) is 12.2 Å². The summed E-state index contributed by atoms with van der Waals surface area (Å²) in [6.07, 6.45) is 7.54. The SMILES string of the molecule is C=C(C1C(C)CCC1C#N)C(N)C1(CO)CCCCC1. The van der Waals surface area contributed by atoms with Crippen LogP contribution in [0.2, 0.25) is 0 Å². The highest BCUT2D eigenvalue weighted by Crippen LogP contribution is 2.47. The van der Waals surface area contributed by atoms with Crippen LogP contribution in [0.15, 0.2) is 12.2 Å². The normalized spacial score (nSPS) is 34.4. The lowest BCUT2D eigenvalue weighted by Gasteiger charge is -2.43. The molecular weight excluding hydrogens is 248 g/mol. The van der Waals surface area contributed by atoms with E-state index in [1.54, 1.807) is 0 Å². The summed E-state index contributed by atoms with van der Waals surface area (Å²) in [4.78, 5) is 0. The highest BCUT2D eigenvalue weighted by molar-refractivity contribution is 5.21. The quantitative estimate of drug-likeness (QED) is 0.775. The minimum Gasteiger partial charge on any atom is -0.396 e. The van der Waals surface area contributed by atoms with Crippen molar-refractivity contribution in [2.45, 2.75) is 57.9 Å². The van der Waals surface area contributed by atoms with E-state index in [0.29, 0.717) is 5.92 Å². The predicted octanol–water partition coefficient (Wildman–Crippen LogP) is 3.00. The lowest BCUT2D eigenvalue weighted by molar-refractivity contribution is 0.0624. The number of aliphatic hydroxyl groups is 1. The molecular formula is C17H28N2O. The van der Waals surface area contributed by atoms with Crippen LogP contribution in [0.25, 0.3) is 0 Å². The van der Waals surface area contributed by atoms with Gasteiger partial charge < -0.3 is 10.8 Å². The summed E-state index contributed by atoms with van der Waals surface area (Å²) in [5.41, 5.74) is 7.34. The molecule has 0 heterocycles. The Bertz CT molecular complexity index is 392. The first-order chi connectivity index (χ1) is 9.55. The first kappa shape index (κ1) is 15.5. The zero-order valence-corrected chi connectivity index (χ0v) is 12.6. The lowest BCUT2D eigenvalue weighted by atomic mass is 9.65. The molecule has 0 radical (unpaired) electrons. The topological polar surface area (TPSA) is 70.0 Å². The molecule has 0 amide bonds. The molecule has 2 aliphatic carbocycles. The molecule has 2 aliphatic rings. The van der Waals surface area contributed by atoms with Gasteiger partial charge in [-0.3, -0.25) is 0 Å².